The molecule has 4 aromatic rings. The summed E-state index contributed by atoms with van der Waals surface area (Å²) in [6.07, 6.45) is 1.32. The standard InChI is InChI=1S/C19H13Br2N5O3/c1-9-3-10(2)26(25-9)16-7-15(22-8-23-16)24-18(27)13-5-11-4-12(20)6-14(21)17(11)29-19(13)28/h3-8H,1-2H3,(H,22,23,24,27). The van der Waals surface area contributed by atoms with Crippen molar-refractivity contribution >= 4 is 54.6 Å². The summed E-state index contributed by atoms with van der Waals surface area (Å²) in [5, 5.41) is 7.58. The van der Waals surface area contributed by atoms with Gasteiger partial charge in [0.25, 0.3) is 5.91 Å². The molecule has 0 unspecified atom stereocenters. The van der Waals surface area contributed by atoms with E-state index < -0.39 is 11.5 Å². The highest BCUT2D eigenvalue weighted by Gasteiger charge is 2.17. The maximum absolute atomic E-state index is 12.7. The molecule has 8 nitrogen and oxygen atoms in total. The van der Waals surface area contributed by atoms with Crippen molar-refractivity contribution in [3.63, 3.8) is 0 Å². The Bertz CT molecular complexity index is 1330. The minimum absolute atomic E-state index is 0.131. The van der Waals surface area contributed by atoms with Crippen molar-refractivity contribution in [2.45, 2.75) is 13.8 Å². The molecule has 29 heavy (non-hydrogen) atoms. The first-order valence-corrected chi connectivity index (χ1v) is 10.0. The highest BCUT2D eigenvalue weighted by Crippen LogP contribution is 2.28. The number of anilines is 1. The smallest absolute Gasteiger partial charge is 0.349 e. The van der Waals surface area contributed by atoms with Crippen LogP contribution in [0.5, 0.6) is 0 Å². The number of carbonyl (C=O) groups excluding carboxylic acids is 1. The lowest BCUT2D eigenvalue weighted by molar-refractivity contribution is 0.102. The Labute approximate surface area is 181 Å². The van der Waals surface area contributed by atoms with Crippen LogP contribution in [-0.4, -0.2) is 25.7 Å². The van der Waals surface area contributed by atoms with E-state index in [0.717, 1.165) is 15.9 Å². The minimum Gasteiger partial charge on any atom is -0.421 e. The van der Waals surface area contributed by atoms with Gasteiger partial charge in [0.2, 0.25) is 0 Å². The van der Waals surface area contributed by atoms with Gasteiger partial charge in [0.05, 0.1) is 10.2 Å². The molecule has 1 aromatic carbocycles. The largest absolute Gasteiger partial charge is 0.421 e. The lowest BCUT2D eigenvalue weighted by atomic mass is 10.2. The van der Waals surface area contributed by atoms with Crippen molar-refractivity contribution in [2.75, 3.05) is 5.32 Å². The van der Waals surface area contributed by atoms with Gasteiger partial charge in [0.1, 0.15) is 17.7 Å². The van der Waals surface area contributed by atoms with Gasteiger partial charge in [0, 0.05) is 21.6 Å². The number of rotatable bonds is 3. The van der Waals surface area contributed by atoms with E-state index in [1.54, 1.807) is 22.9 Å². The fourth-order valence-corrected chi connectivity index (χ4v) is 4.23. The average molecular weight is 519 g/mol. The predicted octanol–water partition coefficient (Wildman–Crippen LogP) is 4.16. The summed E-state index contributed by atoms with van der Waals surface area (Å²) < 4.78 is 8.35. The highest BCUT2D eigenvalue weighted by atomic mass is 79.9. The van der Waals surface area contributed by atoms with Crippen molar-refractivity contribution < 1.29 is 9.21 Å². The van der Waals surface area contributed by atoms with Crippen LogP contribution in [0.1, 0.15) is 21.7 Å². The number of benzene rings is 1. The fourth-order valence-electron chi connectivity index (χ4n) is 2.89. The molecule has 0 bridgehead atoms. The minimum atomic E-state index is -0.745. The quantitative estimate of drug-likeness (QED) is 0.408. The number of hydrogen-bond donors (Lipinski definition) is 1. The molecule has 0 saturated carbocycles. The van der Waals surface area contributed by atoms with Crippen LogP contribution in [-0.2, 0) is 0 Å². The summed E-state index contributed by atoms with van der Waals surface area (Å²) in [7, 11) is 0. The molecule has 0 aliphatic rings. The Morgan fingerprint density at radius 3 is 2.62 bits per heavy atom. The van der Waals surface area contributed by atoms with E-state index in [-0.39, 0.29) is 11.4 Å². The molecule has 0 atom stereocenters. The maximum atomic E-state index is 12.7. The Hall–Kier alpha value is -2.85. The number of halogens is 2. The number of fused-ring (bicyclic) bond motifs is 1. The first-order valence-electron chi connectivity index (χ1n) is 8.42. The van der Waals surface area contributed by atoms with E-state index >= 15 is 0 Å². The number of amides is 1. The van der Waals surface area contributed by atoms with Gasteiger partial charge in [-0.1, -0.05) is 15.9 Å². The summed E-state index contributed by atoms with van der Waals surface area (Å²) in [4.78, 5) is 33.3. The zero-order valence-corrected chi connectivity index (χ0v) is 18.4. The molecule has 0 aliphatic heterocycles. The highest BCUT2D eigenvalue weighted by molar-refractivity contribution is 9.11. The topological polar surface area (TPSA) is 103 Å². The summed E-state index contributed by atoms with van der Waals surface area (Å²) in [5.74, 6) is 0.108. The number of aryl methyl sites for hydroxylation is 2. The molecular weight excluding hydrogens is 506 g/mol. The van der Waals surface area contributed by atoms with Crippen LogP contribution in [0, 0.1) is 13.8 Å². The lowest BCUT2D eigenvalue weighted by Gasteiger charge is -2.08. The first-order chi connectivity index (χ1) is 13.8. The normalized spacial score (nSPS) is 11.0. The number of hydrogen-bond acceptors (Lipinski definition) is 6. The zero-order valence-electron chi connectivity index (χ0n) is 15.2. The first kappa shape index (κ1) is 19.5. The molecule has 3 heterocycles. The molecule has 0 radical (unpaired) electrons. The third kappa shape index (κ3) is 3.85. The second-order valence-corrected chi connectivity index (χ2v) is 8.08. The second-order valence-electron chi connectivity index (χ2n) is 6.31. The van der Waals surface area contributed by atoms with Gasteiger partial charge in [0.15, 0.2) is 11.4 Å². The summed E-state index contributed by atoms with van der Waals surface area (Å²) in [6, 6.07) is 8.48. The Morgan fingerprint density at radius 1 is 1.10 bits per heavy atom. The second kappa shape index (κ2) is 7.53. The Morgan fingerprint density at radius 2 is 1.90 bits per heavy atom. The molecule has 4 rings (SSSR count). The van der Waals surface area contributed by atoms with Crippen LogP contribution in [0.25, 0.3) is 16.8 Å². The van der Waals surface area contributed by atoms with Crippen LogP contribution >= 0.6 is 31.9 Å². The monoisotopic (exact) mass is 517 g/mol. The van der Waals surface area contributed by atoms with Crippen molar-refractivity contribution in [3.8, 4) is 5.82 Å². The van der Waals surface area contributed by atoms with E-state index in [1.807, 2.05) is 19.9 Å². The third-order valence-corrected chi connectivity index (χ3v) is 5.16. The predicted molar refractivity (Wildman–Crippen MR) is 114 cm³/mol. The van der Waals surface area contributed by atoms with Gasteiger partial charge in [-0.3, -0.25) is 4.79 Å². The molecule has 0 aliphatic carbocycles. The van der Waals surface area contributed by atoms with Gasteiger partial charge >= 0.3 is 5.63 Å². The molecule has 0 spiro atoms. The fraction of sp³-hybridized carbons (Fsp3) is 0.105. The number of nitrogens with zero attached hydrogens (tertiary/aromatic N) is 4. The summed E-state index contributed by atoms with van der Waals surface area (Å²) in [6.45, 7) is 3.78. The Kier molecular flexibility index (Phi) is 5.05. The molecule has 0 saturated heterocycles. The van der Waals surface area contributed by atoms with Gasteiger partial charge in [-0.2, -0.15) is 5.10 Å². The van der Waals surface area contributed by atoms with E-state index in [4.69, 9.17) is 4.42 Å². The molecular formula is C19H13Br2N5O3. The van der Waals surface area contributed by atoms with E-state index in [9.17, 15) is 9.59 Å². The van der Waals surface area contributed by atoms with Crippen LogP contribution in [0.3, 0.4) is 0 Å². The van der Waals surface area contributed by atoms with Crippen molar-refractivity contribution in [1.82, 2.24) is 19.7 Å². The van der Waals surface area contributed by atoms with Gasteiger partial charge < -0.3 is 9.73 Å². The van der Waals surface area contributed by atoms with Crippen LogP contribution < -0.4 is 10.9 Å². The number of carbonyl (C=O) groups is 1. The van der Waals surface area contributed by atoms with Crippen molar-refractivity contribution in [3.05, 3.63) is 73.0 Å². The Balaban J connectivity index is 1.68. The van der Waals surface area contributed by atoms with E-state index in [2.05, 4.69) is 52.2 Å². The van der Waals surface area contributed by atoms with Crippen LogP contribution in [0.2, 0.25) is 0 Å². The average Bonchev–Trinajstić information content (AvgIpc) is 3.00. The number of aromatic nitrogens is 4. The molecule has 1 N–H and O–H groups in total. The van der Waals surface area contributed by atoms with Crippen molar-refractivity contribution in [2.24, 2.45) is 0 Å². The van der Waals surface area contributed by atoms with Gasteiger partial charge in [-0.25, -0.2) is 19.4 Å². The SMILES string of the molecule is Cc1cc(C)n(-c2cc(NC(=O)c3cc4cc(Br)cc(Br)c4oc3=O)ncn2)n1. The molecule has 10 heteroatoms. The van der Waals surface area contributed by atoms with Crippen LogP contribution in [0.15, 0.2) is 54.8 Å². The van der Waals surface area contributed by atoms with Gasteiger partial charge in [-0.15, -0.1) is 0 Å². The maximum Gasteiger partial charge on any atom is 0.349 e. The number of nitrogens with one attached hydrogen (secondary N) is 1. The summed E-state index contributed by atoms with van der Waals surface area (Å²) >= 11 is 6.73. The van der Waals surface area contributed by atoms with E-state index in [1.165, 1.54) is 12.4 Å². The van der Waals surface area contributed by atoms with E-state index in [0.29, 0.717) is 21.3 Å². The third-order valence-electron chi connectivity index (χ3n) is 4.12. The molecule has 146 valence electrons. The lowest BCUT2D eigenvalue weighted by Crippen LogP contribution is -2.21. The zero-order chi connectivity index (χ0) is 20.7. The van der Waals surface area contributed by atoms with Crippen LogP contribution in [0.4, 0.5) is 5.82 Å². The van der Waals surface area contributed by atoms with Crippen molar-refractivity contribution in [1.29, 1.82) is 0 Å². The van der Waals surface area contributed by atoms with Gasteiger partial charge in [-0.05, 0) is 54.0 Å². The molecule has 1 amide bonds. The summed E-state index contributed by atoms with van der Waals surface area (Å²) in [5.41, 5.74) is 1.23. The molecule has 3 aromatic heterocycles. The molecule has 0 fully saturated rings.